The van der Waals surface area contributed by atoms with Gasteiger partial charge in [-0.2, -0.15) is 0 Å². The Hall–Kier alpha value is 0.803. The standard InChI is InChI=1S/C11H15.2BrH.Zn/c1-9-5-7-10(8-6-9)11(2,3)4;;;/h5-8H,1H2,2-4H3;2*1H;/q;;;+2/p-2. The predicted octanol–water partition coefficient (Wildman–Crippen LogP) is 4.85. The molecule has 0 heterocycles. The first-order valence-corrected chi connectivity index (χ1v) is 18.4. The maximum Gasteiger partial charge on any atom is -0.0132 e. The number of rotatable bonds is 0. The van der Waals surface area contributed by atoms with Crippen molar-refractivity contribution in [2.45, 2.75) is 26.2 Å². The van der Waals surface area contributed by atoms with E-state index in [4.69, 9.17) is 0 Å². The quantitative estimate of drug-likeness (QED) is 0.571. The minimum atomic E-state index is -0.250. The molecule has 0 aliphatic heterocycles. The summed E-state index contributed by atoms with van der Waals surface area (Å²) in [5.74, 6) is 0. The van der Waals surface area contributed by atoms with E-state index in [1.807, 2.05) is 0 Å². The summed E-state index contributed by atoms with van der Waals surface area (Å²) in [6.45, 7) is 10.5. The third kappa shape index (κ3) is 6.32. The molecule has 0 aliphatic rings. The van der Waals surface area contributed by atoms with Gasteiger partial charge in [0.05, 0.1) is 0 Å². The van der Waals surface area contributed by atoms with Crippen molar-refractivity contribution in [3.8, 4) is 0 Å². The third-order valence-corrected chi connectivity index (χ3v) is 1.82. The SMILES string of the molecule is [Br][Zn][Br].[CH2]c1ccc(C(C)(C)C)cc1. The average Bonchev–Trinajstić information content (AvgIpc) is 2.04. The van der Waals surface area contributed by atoms with Crippen LogP contribution in [0.2, 0.25) is 0 Å². The summed E-state index contributed by atoms with van der Waals surface area (Å²) >= 11 is 6.25. The van der Waals surface area contributed by atoms with Crippen LogP contribution in [0.1, 0.15) is 31.9 Å². The van der Waals surface area contributed by atoms with Gasteiger partial charge in [-0.15, -0.1) is 0 Å². The molecule has 0 aliphatic carbocycles. The van der Waals surface area contributed by atoms with E-state index in [-0.39, 0.29) is 18.6 Å². The maximum absolute atomic E-state index is 3.84. The molecule has 0 unspecified atom stereocenters. The molecule has 0 spiro atoms. The number of halogens is 2. The fourth-order valence-corrected chi connectivity index (χ4v) is 1.00. The molecular weight excluding hydrogens is 357 g/mol. The monoisotopic (exact) mass is 369 g/mol. The van der Waals surface area contributed by atoms with Crippen LogP contribution >= 0.6 is 27.2 Å². The molecule has 0 aromatic heterocycles. The van der Waals surface area contributed by atoms with Gasteiger partial charge in [-0.25, -0.2) is 0 Å². The van der Waals surface area contributed by atoms with Crippen molar-refractivity contribution >= 4 is 27.2 Å². The Kier molecular flexibility index (Phi) is 7.55. The molecule has 0 fully saturated rings. The summed E-state index contributed by atoms with van der Waals surface area (Å²) in [7, 11) is 0. The Bertz CT molecular complexity index is 249. The smallest absolute Gasteiger partial charge is 0.0132 e. The van der Waals surface area contributed by atoms with Crippen molar-refractivity contribution in [2.24, 2.45) is 0 Å². The third-order valence-electron chi connectivity index (χ3n) is 1.82. The molecule has 1 aromatic carbocycles. The summed E-state index contributed by atoms with van der Waals surface area (Å²) < 4.78 is 0. The van der Waals surface area contributed by atoms with Gasteiger partial charge in [-0.3, -0.25) is 0 Å². The van der Waals surface area contributed by atoms with Gasteiger partial charge in [0.15, 0.2) is 0 Å². The van der Waals surface area contributed by atoms with Crippen LogP contribution in [0.5, 0.6) is 0 Å². The summed E-state index contributed by atoms with van der Waals surface area (Å²) in [4.78, 5) is 0. The van der Waals surface area contributed by atoms with E-state index in [0.717, 1.165) is 5.56 Å². The van der Waals surface area contributed by atoms with E-state index in [2.05, 4.69) is 79.2 Å². The predicted molar refractivity (Wildman–Crippen MR) is 67.5 cm³/mol. The zero-order valence-electron chi connectivity index (χ0n) is 8.98. The Labute approximate surface area is 108 Å². The molecule has 0 atom stereocenters. The van der Waals surface area contributed by atoms with Gasteiger partial charge in [-0.1, -0.05) is 45.0 Å². The first-order chi connectivity index (χ1) is 6.41. The zero-order valence-corrected chi connectivity index (χ0v) is 15.1. The van der Waals surface area contributed by atoms with Crippen molar-refractivity contribution in [2.75, 3.05) is 0 Å². The topological polar surface area (TPSA) is 0 Å². The van der Waals surface area contributed by atoms with Crippen LogP contribution in [0.4, 0.5) is 0 Å². The molecule has 1 rings (SSSR count). The van der Waals surface area contributed by atoms with Crippen LogP contribution in [0.15, 0.2) is 24.3 Å². The van der Waals surface area contributed by atoms with Crippen LogP contribution < -0.4 is 0 Å². The molecule has 0 N–H and O–H groups in total. The Balaban J connectivity index is 0.000000500. The molecule has 3 heteroatoms. The van der Waals surface area contributed by atoms with E-state index < -0.39 is 0 Å². The molecule has 0 saturated heterocycles. The second-order valence-electron chi connectivity index (χ2n) is 4.05. The average molecular weight is 372 g/mol. The maximum atomic E-state index is 3.84. The van der Waals surface area contributed by atoms with Crippen LogP contribution in [-0.2, 0) is 18.6 Å². The van der Waals surface area contributed by atoms with Crippen molar-refractivity contribution in [3.05, 3.63) is 42.3 Å². The summed E-state index contributed by atoms with van der Waals surface area (Å²) in [6, 6.07) is 8.39. The summed E-state index contributed by atoms with van der Waals surface area (Å²) in [6.07, 6.45) is 0. The number of benzene rings is 1. The van der Waals surface area contributed by atoms with Crippen molar-refractivity contribution in [1.29, 1.82) is 0 Å². The second kappa shape index (κ2) is 7.14. The normalized spacial score (nSPS) is 9.86. The first-order valence-electron chi connectivity index (χ1n) is 4.46. The Morgan fingerprint density at radius 3 is 1.71 bits per heavy atom. The molecule has 1 radical (unpaired) electrons. The minimum absolute atomic E-state index is 0.250. The molecule has 0 saturated carbocycles. The van der Waals surface area contributed by atoms with Gasteiger partial charge < -0.3 is 0 Å². The largest absolute Gasteiger partial charge is 0.0587 e. The fourth-order valence-electron chi connectivity index (χ4n) is 1.00. The van der Waals surface area contributed by atoms with Crippen molar-refractivity contribution in [1.82, 2.24) is 0 Å². The molecule has 1 aromatic rings. The van der Waals surface area contributed by atoms with E-state index in [0.29, 0.717) is 0 Å². The molecule has 0 amide bonds. The summed E-state index contributed by atoms with van der Waals surface area (Å²) in [5.41, 5.74) is 2.70. The molecule has 0 nitrogen and oxygen atoms in total. The van der Waals surface area contributed by atoms with Gasteiger partial charge in [-0.05, 0) is 23.5 Å². The van der Waals surface area contributed by atoms with Gasteiger partial charge in [0.25, 0.3) is 0 Å². The van der Waals surface area contributed by atoms with Gasteiger partial charge in [0.1, 0.15) is 0 Å². The van der Waals surface area contributed by atoms with Crippen LogP contribution in [-0.4, -0.2) is 0 Å². The second-order valence-corrected chi connectivity index (χ2v) is 18.1. The van der Waals surface area contributed by atoms with E-state index in [9.17, 15) is 0 Å². The van der Waals surface area contributed by atoms with Gasteiger partial charge >= 0.3 is 40.5 Å². The van der Waals surface area contributed by atoms with Crippen LogP contribution in [0, 0.1) is 6.92 Å². The molecule has 0 bridgehead atoms. The van der Waals surface area contributed by atoms with Crippen LogP contribution in [0.25, 0.3) is 0 Å². The first kappa shape index (κ1) is 14.8. The zero-order chi connectivity index (χ0) is 11.2. The fraction of sp³-hybridized carbons (Fsp3) is 0.364. The molecule has 75 valence electrons. The number of hydrogen-bond donors (Lipinski definition) is 0. The van der Waals surface area contributed by atoms with Crippen molar-refractivity contribution < 1.29 is 13.2 Å². The van der Waals surface area contributed by atoms with Crippen molar-refractivity contribution in [3.63, 3.8) is 0 Å². The van der Waals surface area contributed by atoms with Crippen LogP contribution in [0.3, 0.4) is 0 Å². The van der Waals surface area contributed by atoms with Gasteiger partial charge in [0.2, 0.25) is 0 Å². The van der Waals surface area contributed by atoms with E-state index in [1.165, 1.54) is 5.56 Å². The minimum Gasteiger partial charge on any atom is -0.0587 e. The summed E-state index contributed by atoms with van der Waals surface area (Å²) in [5, 5.41) is 0. The molecule has 14 heavy (non-hydrogen) atoms. The Morgan fingerprint density at radius 1 is 1.07 bits per heavy atom. The van der Waals surface area contributed by atoms with Gasteiger partial charge in [0, 0.05) is 0 Å². The van der Waals surface area contributed by atoms with E-state index >= 15 is 0 Å². The number of hydrogen-bond acceptors (Lipinski definition) is 0. The van der Waals surface area contributed by atoms with E-state index in [1.54, 1.807) is 0 Å². The molecular formula is C11H15Br2Zn. The Morgan fingerprint density at radius 2 is 1.43 bits per heavy atom.